The molecule has 0 radical (unpaired) electrons. The molecule has 1 aromatic carbocycles. The number of carbonyl (C=O) groups excluding carboxylic acids is 1. The largest absolute Gasteiger partial charge is 0.435 e. The fourth-order valence-electron chi connectivity index (χ4n) is 2.19. The molecule has 0 unspecified atom stereocenters. The van der Waals surface area contributed by atoms with Gasteiger partial charge in [0.25, 0.3) is 0 Å². The van der Waals surface area contributed by atoms with E-state index in [1.807, 2.05) is 42.7 Å². The molecule has 4 heteroatoms. The van der Waals surface area contributed by atoms with E-state index in [4.69, 9.17) is 4.42 Å². The molecule has 0 aliphatic heterocycles. The number of aldehydes is 1. The van der Waals surface area contributed by atoms with Gasteiger partial charge >= 0.3 is 0 Å². The van der Waals surface area contributed by atoms with Gasteiger partial charge in [-0.05, 0) is 19.1 Å². The molecular formula is C15H14N2O2. The zero-order valence-electron chi connectivity index (χ0n) is 10.9. The summed E-state index contributed by atoms with van der Waals surface area (Å²) in [6.07, 6.45) is 1.50. The monoisotopic (exact) mass is 254 g/mol. The zero-order chi connectivity index (χ0) is 13.4. The predicted molar refractivity (Wildman–Crippen MR) is 72.8 cm³/mol. The molecule has 3 aromatic rings. The zero-order valence-corrected chi connectivity index (χ0v) is 10.9. The van der Waals surface area contributed by atoms with Crippen molar-refractivity contribution >= 4 is 17.5 Å². The van der Waals surface area contributed by atoms with Gasteiger partial charge in [-0.3, -0.25) is 9.36 Å². The predicted octanol–water partition coefficient (Wildman–Crippen LogP) is 3.30. The Hall–Kier alpha value is -2.36. The van der Waals surface area contributed by atoms with Crippen LogP contribution in [0.3, 0.4) is 0 Å². The Morgan fingerprint density at radius 2 is 2.05 bits per heavy atom. The third-order valence-corrected chi connectivity index (χ3v) is 3.15. The molecule has 0 saturated carbocycles. The fraction of sp³-hybridized carbons (Fsp3) is 0.200. The summed E-state index contributed by atoms with van der Waals surface area (Å²) in [6.45, 7) is 4.10. The first-order chi connectivity index (χ1) is 9.22. The number of aryl methyl sites for hydroxylation is 2. The van der Waals surface area contributed by atoms with E-state index in [0.717, 1.165) is 23.4 Å². The van der Waals surface area contributed by atoms with Crippen LogP contribution in [0.5, 0.6) is 0 Å². The van der Waals surface area contributed by atoms with E-state index in [1.165, 1.54) is 5.56 Å². The average Bonchev–Trinajstić information content (AvgIpc) is 2.96. The first-order valence-electron chi connectivity index (χ1n) is 6.26. The Bertz CT molecular complexity index is 735. The minimum Gasteiger partial charge on any atom is -0.435 e. The molecule has 0 amide bonds. The molecule has 0 aliphatic carbocycles. The van der Waals surface area contributed by atoms with Crippen molar-refractivity contribution in [3.8, 4) is 5.69 Å². The molecule has 0 N–H and O–H groups in total. The summed E-state index contributed by atoms with van der Waals surface area (Å²) >= 11 is 0. The lowest BCUT2D eigenvalue weighted by atomic mass is 10.2. The average molecular weight is 254 g/mol. The molecule has 0 saturated heterocycles. The summed E-state index contributed by atoms with van der Waals surface area (Å²) in [6, 6.07) is 9.82. The van der Waals surface area contributed by atoms with E-state index >= 15 is 0 Å². The van der Waals surface area contributed by atoms with Crippen LogP contribution in [0.4, 0.5) is 0 Å². The van der Waals surface area contributed by atoms with E-state index in [2.05, 4.69) is 4.98 Å². The van der Waals surface area contributed by atoms with Crippen LogP contribution in [0, 0.1) is 6.92 Å². The van der Waals surface area contributed by atoms with Crippen LogP contribution in [0.15, 0.2) is 34.7 Å². The highest BCUT2D eigenvalue weighted by Gasteiger charge is 2.15. The Morgan fingerprint density at radius 3 is 2.68 bits per heavy atom. The van der Waals surface area contributed by atoms with Crippen molar-refractivity contribution in [2.45, 2.75) is 20.3 Å². The number of aromatic nitrogens is 2. The van der Waals surface area contributed by atoms with Crippen LogP contribution >= 0.6 is 0 Å². The number of fused-ring (bicyclic) bond motifs is 1. The first kappa shape index (κ1) is 11.7. The molecular weight excluding hydrogens is 240 g/mol. The highest BCUT2D eigenvalue weighted by molar-refractivity contribution is 5.82. The van der Waals surface area contributed by atoms with Gasteiger partial charge in [-0.15, -0.1) is 0 Å². The Labute approximate surface area is 110 Å². The van der Waals surface area contributed by atoms with Crippen molar-refractivity contribution in [1.82, 2.24) is 9.55 Å². The van der Waals surface area contributed by atoms with Gasteiger partial charge < -0.3 is 4.42 Å². The maximum Gasteiger partial charge on any atom is 0.232 e. The lowest BCUT2D eigenvalue weighted by molar-refractivity contribution is 0.110. The summed E-state index contributed by atoms with van der Waals surface area (Å²) < 4.78 is 7.51. The number of furan rings is 1. The van der Waals surface area contributed by atoms with Gasteiger partial charge in [0.05, 0.1) is 5.69 Å². The highest BCUT2D eigenvalue weighted by atomic mass is 16.4. The highest BCUT2D eigenvalue weighted by Crippen LogP contribution is 2.24. The SMILES string of the molecule is CCc1nc2cc(C=O)oc2n1-c1ccc(C)cc1. The van der Waals surface area contributed by atoms with E-state index in [1.54, 1.807) is 6.07 Å². The van der Waals surface area contributed by atoms with E-state index < -0.39 is 0 Å². The van der Waals surface area contributed by atoms with E-state index in [-0.39, 0.29) is 0 Å². The van der Waals surface area contributed by atoms with Crippen molar-refractivity contribution in [1.29, 1.82) is 0 Å². The van der Waals surface area contributed by atoms with Gasteiger partial charge in [-0.25, -0.2) is 4.98 Å². The van der Waals surface area contributed by atoms with Gasteiger partial charge in [-0.1, -0.05) is 24.6 Å². The first-order valence-corrected chi connectivity index (χ1v) is 6.26. The lowest BCUT2D eigenvalue weighted by Gasteiger charge is -2.06. The summed E-state index contributed by atoms with van der Waals surface area (Å²) in [5.41, 5.74) is 3.55. The van der Waals surface area contributed by atoms with Crippen LogP contribution in [0.2, 0.25) is 0 Å². The maximum absolute atomic E-state index is 10.8. The molecule has 0 atom stereocenters. The third-order valence-electron chi connectivity index (χ3n) is 3.15. The topological polar surface area (TPSA) is 48.0 Å². The number of benzene rings is 1. The van der Waals surface area contributed by atoms with Gasteiger partial charge in [0.2, 0.25) is 5.71 Å². The Kier molecular flexibility index (Phi) is 2.71. The summed E-state index contributed by atoms with van der Waals surface area (Å²) in [7, 11) is 0. The third kappa shape index (κ3) is 1.85. The number of rotatable bonds is 3. The van der Waals surface area contributed by atoms with Gasteiger partial charge in [-0.2, -0.15) is 0 Å². The summed E-state index contributed by atoms with van der Waals surface area (Å²) in [5, 5.41) is 0. The Morgan fingerprint density at radius 1 is 1.32 bits per heavy atom. The van der Waals surface area contributed by atoms with Crippen molar-refractivity contribution in [2.75, 3.05) is 0 Å². The van der Waals surface area contributed by atoms with E-state index in [0.29, 0.717) is 17.8 Å². The molecule has 0 spiro atoms. The van der Waals surface area contributed by atoms with Crippen LogP contribution < -0.4 is 0 Å². The van der Waals surface area contributed by atoms with Gasteiger partial charge in [0.15, 0.2) is 12.0 Å². The second kappa shape index (κ2) is 4.39. The molecule has 96 valence electrons. The standard InChI is InChI=1S/C15H14N2O2/c1-3-14-16-13-8-12(9-18)19-15(13)17(14)11-6-4-10(2)5-7-11/h4-9H,3H2,1-2H3. The molecule has 3 rings (SSSR count). The van der Waals surface area contributed by atoms with Crippen LogP contribution in [0.1, 0.15) is 28.9 Å². The minimum atomic E-state index is 0.306. The quantitative estimate of drug-likeness (QED) is 0.674. The second-order valence-corrected chi connectivity index (χ2v) is 4.51. The lowest BCUT2D eigenvalue weighted by Crippen LogP contribution is -1.99. The maximum atomic E-state index is 10.8. The number of hydrogen-bond acceptors (Lipinski definition) is 3. The second-order valence-electron chi connectivity index (χ2n) is 4.51. The number of imidazole rings is 1. The molecule has 0 aliphatic rings. The molecule has 19 heavy (non-hydrogen) atoms. The summed E-state index contributed by atoms with van der Waals surface area (Å²) in [5.74, 6) is 1.23. The van der Waals surface area contributed by atoms with E-state index in [9.17, 15) is 4.79 Å². The van der Waals surface area contributed by atoms with Gasteiger partial charge in [0.1, 0.15) is 11.3 Å². The minimum absolute atomic E-state index is 0.306. The van der Waals surface area contributed by atoms with Crippen LogP contribution in [-0.2, 0) is 6.42 Å². The molecule has 2 aromatic heterocycles. The van der Waals surface area contributed by atoms with Crippen LogP contribution in [0.25, 0.3) is 16.9 Å². The molecule has 0 bridgehead atoms. The Balaban J connectivity index is 2.26. The van der Waals surface area contributed by atoms with Crippen molar-refractivity contribution in [3.63, 3.8) is 0 Å². The normalized spacial score (nSPS) is 11.1. The van der Waals surface area contributed by atoms with Crippen molar-refractivity contribution in [2.24, 2.45) is 0 Å². The van der Waals surface area contributed by atoms with Crippen molar-refractivity contribution < 1.29 is 9.21 Å². The fourth-order valence-corrected chi connectivity index (χ4v) is 2.19. The molecule has 4 nitrogen and oxygen atoms in total. The molecule has 2 heterocycles. The smallest absolute Gasteiger partial charge is 0.232 e. The van der Waals surface area contributed by atoms with Crippen LogP contribution in [-0.4, -0.2) is 15.8 Å². The number of nitrogens with zero attached hydrogens (tertiary/aromatic N) is 2. The molecule has 0 fully saturated rings. The van der Waals surface area contributed by atoms with Crippen molar-refractivity contribution in [3.05, 3.63) is 47.5 Å². The number of hydrogen-bond donors (Lipinski definition) is 0. The summed E-state index contributed by atoms with van der Waals surface area (Å²) in [4.78, 5) is 15.3. The number of carbonyl (C=O) groups is 1. The van der Waals surface area contributed by atoms with Gasteiger partial charge in [0, 0.05) is 12.5 Å².